The second kappa shape index (κ2) is 8.63. The normalized spacial score (nSPS) is 12.6. The molecule has 144 valence electrons. The zero-order chi connectivity index (χ0) is 20.0. The molecular formula is C8H14F6N4O4S2. The molecule has 1 heterocycles. The van der Waals surface area contributed by atoms with Gasteiger partial charge in [0, 0.05) is 25.9 Å². The molecule has 0 aliphatic rings. The number of nitrogens with zero attached hydrogens (tertiary/aromatic N) is 2. The predicted octanol–water partition coefficient (Wildman–Crippen LogP) is 0.572. The van der Waals surface area contributed by atoms with Gasteiger partial charge in [-0.3, -0.25) is 0 Å². The summed E-state index contributed by atoms with van der Waals surface area (Å²) in [6, 6.07) is 0. The number of halogens is 6. The highest BCUT2D eigenvalue weighted by molar-refractivity contribution is 7.90. The number of imidazole rings is 1. The quantitative estimate of drug-likeness (QED) is 0.655. The molecular weight excluding hydrogens is 394 g/mol. The number of hydrogen-bond donors (Lipinski definition) is 2. The Morgan fingerprint density at radius 1 is 1.00 bits per heavy atom. The highest BCUT2D eigenvalue weighted by Crippen LogP contribution is 2.19. The Hall–Kier alpha value is -1.39. The van der Waals surface area contributed by atoms with Crippen LogP contribution in [0.1, 0.15) is 12.7 Å². The number of aromatic nitrogens is 2. The van der Waals surface area contributed by atoms with Crippen LogP contribution in [0.25, 0.3) is 0 Å². The van der Waals surface area contributed by atoms with E-state index in [0.29, 0.717) is 0 Å². The lowest BCUT2D eigenvalue weighted by Gasteiger charge is -1.98. The number of aryl methyl sites for hydroxylation is 2. The topological polar surface area (TPSA) is 138 Å². The van der Waals surface area contributed by atoms with E-state index in [2.05, 4.69) is 22.2 Å². The Morgan fingerprint density at radius 2 is 1.29 bits per heavy atom. The third kappa shape index (κ3) is 9.68. The van der Waals surface area contributed by atoms with Crippen molar-refractivity contribution in [2.75, 3.05) is 0 Å². The third-order valence-corrected chi connectivity index (χ3v) is 3.17. The molecule has 0 bridgehead atoms. The molecule has 0 aliphatic heterocycles. The van der Waals surface area contributed by atoms with E-state index in [1.54, 1.807) is 0 Å². The van der Waals surface area contributed by atoms with Crippen LogP contribution in [0.3, 0.4) is 0 Å². The summed E-state index contributed by atoms with van der Waals surface area (Å²) in [6.45, 7) is 2.10. The zero-order valence-electron chi connectivity index (χ0n) is 12.1. The summed E-state index contributed by atoms with van der Waals surface area (Å²) in [7, 11) is -8.67. The van der Waals surface area contributed by atoms with E-state index < -0.39 is 31.1 Å². The van der Waals surface area contributed by atoms with Gasteiger partial charge in [-0.2, -0.15) is 26.3 Å². The van der Waals surface area contributed by atoms with Gasteiger partial charge in [0.05, 0.1) is 0 Å². The summed E-state index contributed by atoms with van der Waals surface area (Å²) in [5.41, 5.74) is -10.6. The first-order valence-corrected chi connectivity index (χ1v) is 8.58. The second-order valence-corrected chi connectivity index (χ2v) is 6.90. The molecule has 0 spiro atoms. The van der Waals surface area contributed by atoms with Crippen LogP contribution in [0.4, 0.5) is 26.3 Å². The molecule has 0 radical (unpaired) electrons. The fraction of sp³-hybridized carbons (Fsp3) is 0.625. The first-order valence-electron chi connectivity index (χ1n) is 5.49. The first-order chi connectivity index (χ1) is 10.3. The van der Waals surface area contributed by atoms with Crippen LogP contribution in [0.2, 0.25) is 0 Å². The van der Waals surface area contributed by atoms with Gasteiger partial charge < -0.3 is 4.57 Å². The highest BCUT2D eigenvalue weighted by atomic mass is 32.2. The van der Waals surface area contributed by atoms with Crippen molar-refractivity contribution < 1.29 is 43.2 Å². The van der Waals surface area contributed by atoms with Crippen molar-refractivity contribution in [2.45, 2.75) is 24.4 Å². The average Bonchev–Trinajstić information content (AvgIpc) is 2.71. The van der Waals surface area contributed by atoms with Crippen LogP contribution in [0.5, 0.6) is 0 Å². The van der Waals surface area contributed by atoms with Crippen molar-refractivity contribution in [3.8, 4) is 0 Å². The Kier molecular flexibility index (Phi) is 8.94. The summed E-state index contributed by atoms with van der Waals surface area (Å²) in [5.74, 6) is 1.14. The van der Waals surface area contributed by atoms with E-state index in [1.807, 2.05) is 24.0 Å². The van der Waals surface area contributed by atoms with Gasteiger partial charge in [-0.25, -0.2) is 32.1 Å². The standard InChI is InChI=1S/C6H10N2.2CH2F3NO2S/c1-3-6-7-4-5-8(6)2;2*2-1(3,4)8(5,6)7/h4-5H,3H2,1-2H3;2*(H2,5,6,7). The van der Waals surface area contributed by atoms with Gasteiger partial charge in [-0.1, -0.05) is 6.92 Å². The van der Waals surface area contributed by atoms with E-state index in [0.717, 1.165) is 12.2 Å². The van der Waals surface area contributed by atoms with Crippen molar-refractivity contribution >= 4 is 20.0 Å². The van der Waals surface area contributed by atoms with Crippen molar-refractivity contribution in [3.63, 3.8) is 0 Å². The Morgan fingerprint density at radius 3 is 1.38 bits per heavy atom. The van der Waals surface area contributed by atoms with Gasteiger partial charge in [-0.05, 0) is 0 Å². The largest absolute Gasteiger partial charge is 0.511 e. The molecule has 0 fully saturated rings. The van der Waals surface area contributed by atoms with Crippen molar-refractivity contribution in [1.82, 2.24) is 9.55 Å². The number of hydrogen-bond acceptors (Lipinski definition) is 5. The molecule has 0 saturated heterocycles. The lowest BCUT2D eigenvalue weighted by atomic mass is 10.5. The minimum absolute atomic E-state index is 1.02. The van der Waals surface area contributed by atoms with Crippen molar-refractivity contribution in [1.29, 1.82) is 0 Å². The summed E-state index contributed by atoms with van der Waals surface area (Å²) >= 11 is 0. The molecule has 0 aliphatic carbocycles. The van der Waals surface area contributed by atoms with Crippen LogP contribution in [0.15, 0.2) is 12.4 Å². The van der Waals surface area contributed by atoms with Gasteiger partial charge in [0.2, 0.25) is 0 Å². The number of nitrogens with two attached hydrogens (primary N) is 2. The van der Waals surface area contributed by atoms with Gasteiger partial charge in [0.25, 0.3) is 0 Å². The molecule has 4 N–H and O–H groups in total. The van der Waals surface area contributed by atoms with Crippen LogP contribution in [-0.2, 0) is 33.5 Å². The minimum atomic E-state index is -5.34. The van der Waals surface area contributed by atoms with E-state index in [4.69, 9.17) is 0 Å². The maximum absolute atomic E-state index is 10.8. The zero-order valence-corrected chi connectivity index (χ0v) is 13.8. The molecule has 0 saturated carbocycles. The maximum atomic E-state index is 10.8. The van der Waals surface area contributed by atoms with E-state index >= 15 is 0 Å². The number of alkyl halides is 6. The maximum Gasteiger partial charge on any atom is 0.511 e. The van der Waals surface area contributed by atoms with Gasteiger partial charge >= 0.3 is 31.1 Å². The average molecular weight is 408 g/mol. The molecule has 16 heteroatoms. The molecule has 1 rings (SSSR count). The molecule has 1 aromatic heterocycles. The monoisotopic (exact) mass is 408 g/mol. The van der Waals surface area contributed by atoms with Crippen LogP contribution in [-0.4, -0.2) is 37.4 Å². The highest BCUT2D eigenvalue weighted by Gasteiger charge is 2.43. The molecule has 0 aromatic carbocycles. The van der Waals surface area contributed by atoms with E-state index in [1.165, 1.54) is 0 Å². The Balaban J connectivity index is 0. The van der Waals surface area contributed by atoms with Gasteiger partial charge in [-0.15, -0.1) is 0 Å². The van der Waals surface area contributed by atoms with E-state index in [9.17, 15) is 43.2 Å². The van der Waals surface area contributed by atoms with Crippen molar-refractivity contribution in [3.05, 3.63) is 18.2 Å². The van der Waals surface area contributed by atoms with Gasteiger partial charge in [0.1, 0.15) is 5.82 Å². The lowest BCUT2D eigenvalue weighted by molar-refractivity contribution is -0.0441. The number of rotatable bonds is 1. The first kappa shape index (κ1) is 24.9. The Bertz CT molecular complexity index is 666. The fourth-order valence-electron chi connectivity index (χ4n) is 0.737. The fourth-order valence-corrected chi connectivity index (χ4v) is 0.737. The number of sulfonamides is 2. The summed E-state index contributed by atoms with van der Waals surface area (Å²) in [5, 5.41) is 7.32. The number of primary sulfonamides is 2. The predicted molar refractivity (Wildman–Crippen MR) is 70.9 cm³/mol. The Labute approximate surface area is 133 Å². The molecule has 1 aromatic rings. The smallest absolute Gasteiger partial charge is 0.338 e. The summed E-state index contributed by atoms with van der Waals surface area (Å²) in [6.07, 6.45) is 4.79. The van der Waals surface area contributed by atoms with E-state index in [-0.39, 0.29) is 0 Å². The molecule has 0 unspecified atom stereocenters. The van der Waals surface area contributed by atoms with Crippen LogP contribution < -0.4 is 10.3 Å². The van der Waals surface area contributed by atoms with Crippen LogP contribution >= 0.6 is 0 Å². The third-order valence-electron chi connectivity index (χ3n) is 1.88. The summed E-state index contributed by atoms with van der Waals surface area (Å²) in [4.78, 5) is 4.10. The minimum Gasteiger partial charge on any atom is -0.338 e. The SMILES string of the molecule is CCc1nccn1C.NS(=O)(=O)C(F)(F)F.NS(=O)(=O)C(F)(F)F. The second-order valence-electron chi connectivity index (χ2n) is 3.79. The lowest BCUT2D eigenvalue weighted by Crippen LogP contribution is -2.30. The molecule has 0 amide bonds. The summed E-state index contributed by atoms with van der Waals surface area (Å²) < 4.78 is 104. The molecule has 24 heavy (non-hydrogen) atoms. The van der Waals surface area contributed by atoms with Crippen molar-refractivity contribution in [2.24, 2.45) is 17.3 Å². The van der Waals surface area contributed by atoms with Gasteiger partial charge in [0.15, 0.2) is 0 Å². The molecule has 0 atom stereocenters. The molecule has 8 nitrogen and oxygen atoms in total. The van der Waals surface area contributed by atoms with Crippen LogP contribution in [0, 0.1) is 0 Å².